The average Bonchev–Trinajstić information content (AvgIpc) is 2.67. The lowest BCUT2D eigenvalue weighted by Gasteiger charge is -2.07. The molecule has 4 heteroatoms. The minimum atomic E-state index is -0.454. The molecule has 0 fully saturated rings. The first-order valence-corrected chi connectivity index (χ1v) is 8.18. The summed E-state index contributed by atoms with van der Waals surface area (Å²) >= 11 is 0. The molecule has 3 aromatic rings. The first-order valence-electron chi connectivity index (χ1n) is 8.18. The number of ether oxygens (including phenoxy) is 1. The Kier molecular flexibility index (Phi) is 5.13. The number of allylic oxidation sites excluding steroid dienone is 1. The lowest BCUT2D eigenvalue weighted by Crippen LogP contribution is -2.02. The summed E-state index contributed by atoms with van der Waals surface area (Å²) in [5, 5.41) is 0.463. The number of hydrogen-bond donors (Lipinski definition) is 0. The predicted octanol–water partition coefficient (Wildman–Crippen LogP) is 4.68. The number of fused-ring (bicyclic) bond motifs is 1. The maximum atomic E-state index is 12.7. The Hall–Kier alpha value is -3.40. The van der Waals surface area contributed by atoms with Gasteiger partial charge in [0.25, 0.3) is 0 Å². The lowest BCUT2D eigenvalue weighted by atomic mass is 10.0. The molecule has 2 aromatic carbocycles. The van der Waals surface area contributed by atoms with Gasteiger partial charge in [-0.3, -0.25) is 4.79 Å². The van der Waals surface area contributed by atoms with E-state index in [-0.39, 0.29) is 5.43 Å². The zero-order valence-corrected chi connectivity index (χ0v) is 14.6. The van der Waals surface area contributed by atoms with Crippen molar-refractivity contribution in [3.05, 3.63) is 82.0 Å². The van der Waals surface area contributed by atoms with Crippen molar-refractivity contribution in [1.82, 2.24) is 0 Å². The summed E-state index contributed by atoms with van der Waals surface area (Å²) in [5.41, 5.74) is 2.71. The molecule has 1 heterocycles. The fourth-order valence-electron chi connectivity index (χ4n) is 2.68. The number of hydrogen-bond acceptors (Lipinski definition) is 4. The Morgan fingerprint density at radius 3 is 2.54 bits per heavy atom. The van der Waals surface area contributed by atoms with E-state index in [2.05, 4.69) is 4.74 Å². The van der Waals surface area contributed by atoms with E-state index in [1.807, 2.05) is 55.5 Å². The molecular formula is C22H18O4. The first-order chi connectivity index (χ1) is 12.6. The van der Waals surface area contributed by atoms with Crippen LogP contribution in [0.4, 0.5) is 0 Å². The molecule has 0 saturated carbocycles. The second kappa shape index (κ2) is 7.66. The van der Waals surface area contributed by atoms with Crippen molar-refractivity contribution in [3.63, 3.8) is 0 Å². The summed E-state index contributed by atoms with van der Waals surface area (Å²) < 4.78 is 10.7. The van der Waals surface area contributed by atoms with Crippen LogP contribution >= 0.6 is 0 Å². The fourth-order valence-corrected chi connectivity index (χ4v) is 2.68. The molecule has 0 spiro atoms. The van der Waals surface area contributed by atoms with Crippen LogP contribution in [0.15, 0.2) is 69.9 Å². The van der Waals surface area contributed by atoms with Crippen molar-refractivity contribution in [1.29, 1.82) is 0 Å². The summed E-state index contributed by atoms with van der Waals surface area (Å²) in [6.45, 7) is 1.89. The third-order valence-electron chi connectivity index (χ3n) is 3.90. The van der Waals surface area contributed by atoms with E-state index >= 15 is 0 Å². The van der Waals surface area contributed by atoms with Crippen molar-refractivity contribution >= 4 is 29.1 Å². The topological polar surface area (TPSA) is 56.5 Å². The Morgan fingerprint density at radius 2 is 1.85 bits per heavy atom. The van der Waals surface area contributed by atoms with Gasteiger partial charge in [0.2, 0.25) is 0 Å². The number of carbonyl (C=O) groups is 1. The van der Waals surface area contributed by atoms with Crippen LogP contribution in [0.25, 0.3) is 34.4 Å². The Balaban J connectivity index is 2.22. The van der Waals surface area contributed by atoms with E-state index in [0.717, 1.165) is 16.7 Å². The summed E-state index contributed by atoms with van der Waals surface area (Å²) in [6, 6.07) is 14.6. The van der Waals surface area contributed by atoms with Gasteiger partial charge in [-0.1, -0.05) is 42.5 Å². The molecule has 0 saturated heterocycles. The van der Waals surface area contributed by atoms with Crippen molar-refractivity contribution in [2.24, 2.45) is 0 Å². The van der Waals surface area contributed by atoms with Gasteiger partial charge < -0.3 is 9.15 Å². The van der Waals surface area contributed by atoms with Crippen LogP contribution in [0.5, 0.6) is 0 Å². The summed E-state index contributed by atoms with van der Waals surface area (Å²) in [7, 11) is 1.32. The third kappa shape index (κ3) is 3.64. The zero-order chi connectivity index (χ0) is 18.5. The largest absolute Gasteiger partial charge is 0.466 e. The molecule has 0 aliphatic heterocycles. The summed E-state index contributed by atoms with van der Waals surface area (Å²) in [4.78, 5) is 24.0. The second-order valence-corrected chi connectivity index (χ2v) is 5.68. The molecule has 26 heavy (non-hydrogen) atoms. The van der Waals surface area contributed by atoms with Gasteiger partial charge in [0.1, 0.15) is 11.3 Å². The molecular weight excluding hydrogens is 328 g/mol. The average molecular weight is 346 g/mol. The SMILES string of the molecule is C/C=C/c1cc(/C=C/C(=O)OC)cc2c(=O)cc(-c3ccccc3)oc12. The molecule has 0 atom stereocenters. The van der Waals surface area contributed by atoms with Crippen molar-refractivity contribution in [2.45, 2.75) is 6.92 Å². The molecule has 0 radical (unpaired) electrons. The highest BCUT2D eigenvalue weighted by Crippen LogP contribution is 2.26. The van der Waals surface area contributed by atoms with Gasteiger partial charge >= 0.3 is 5.97 Å². The van der Waals surface area contributed by atoms with Crippen LogP contribution in [0.1, 0.15) is 18.1 Å². The quantitative estimate of drug-likeness (QED) is 0.508. The van der Waals surface area contributed by atoms with E-state index in [4.69, 9.17) is 4.42 Å². The van der Waals surface area contributed by atoms with Crippen molar-refractivity contribution in [2.75, 3.05) is 7.11 Å². The van der Waals surface area contributed by atoms with Gasteiger partial charge in [0.05, 0.1) is 12.5 Å². The molecule has 0 bridgehead atoms. The van der Waals surface area contributed by atoms with Crippen LogP contribution in [0, 0.1) is 0 Å². The van der Waals surface area contributed by atoms with Gasteiger partial charge in [0.15, 0.2) is 5.43 Å². The fraction of sp³-hybridized carbons (Fsp3) is 0.0909. The monoisotopic (exact) mass is 346 g/mol. The van der Waals surface area contributed by atoms with Gasteiger partial charge in [0, 0.05) is 23.3 Å². The maximum absolute atomic E-state index is 12.7. The smallest absolute Gasteiger partial charge is 0.330 e. The number of carbonyl (C=O) groups excluding carboxylic acids is 1. The second-order valence-electron chi connectivity index (χ2n) is 5.68. The molecule has 0 aliphatic rings. The standard InChI is InChI=1S/C22H18O4/c1-3-7-17-12-15(10-11-21(24)25-2)13-18-19(23)14-20(26-22(17)18)16-8-5-4-6-9-16/h3-14H,1-2H3/b7-3+,11-10+. The molecule has 3 rings (SSSR count). The van der Waals surface area contributed by atoms with Crippen LogP contribution in [0.2, 0.25) is 0 Å². The lowest BCUT2D eigenvalue weighted by molar-refractivity contribution is -0.134. The van der Waals surface area contributed by atoms with Crippen LogP contribution in [-0.2, 0) is 9.53 Å². The van der Waals surface area contributed by atoms with Gasteiger partial charge in [-0.25, -0.2) is 4.79 Å². The Bertz CT molecular complexity index is 1060. The van der Waals surface area contributed by atoms with Gasteiger partial charge in [-0.05, 0) is 30.7 Å². The maximum Gasteiger partial charge on any atom is 0.330 e. The number of rotatable bonds is 4. The van der Waals surface area contributed by atoms with E-state index in [1.165, 1.54) is 19.3 Å². The highest BCUT2D eigenvalue weighted by molar-refractivity contribution is 5.91. The van der Waals surface area contributed by atoms with E-state index in [9.17, 15) is 9.59 Å². The highest BCUT2D eigenvalue weighted by atomic mass is 16.5. The van der Waals surface area contributed by atoms with Gasteiger partial charge in [-0.2, -0.15) is 0 Å². The first kappa shape index (κ1) is 17.4. The molecule has 130 valence electrons. The predicted molar refractivity (Wildman–Crippen MR) is 104 cm³/mol. The molecule has 0 aliphatic carbocycles. The third-order valence-corrected chi connectivity index (χ3v) is 3.90. The van der Waals surface area contributed by atoms with Crippen molar-refractivity contribution in [3.8, 4) is 11.3 Å². The van der Waals surface area contributed by atoms with E-state index in [1.54, 1.807) is 12.1 Å². The van der Waals surface area contributed by atoms with Crippen LogP contribution < -0.4 is 5.43 Å². The molecule has 4 nitrogen and oxygen atoms in total. The number of benzene rings is 2. The Labute approximate surface area is 151 Å². The van der Waals surface area contributed by atoms with Crippen LogP contribution in [0.3, 0.4) is 0 Å². The molecule has 0 amide bonds. The van der Waals surface area contributed by atoms with Crippen molar-refractivity contribution < 1.29 is 13.9 Å². The summed E-state index contributed by atoms with van der Waals surface area (Å²) in [5.74, 6) is 0.0656. The van der Waals surface area contributed by atoms with E-state index < -0.39 is 5.97 Å². The number of methoxy groups -OCH3 is 1. The molecule has 1 aromatic heterocycles. The zero-order valence-electron chi connectivity index (χ0n) is 14.6. The molecule has 0 N–H and O–H groups in total. The normalized spacial score (nSPS) is 11.5. The minimum absolute atomic E-state index is 0.135. The number of esters is 1. The van der Waals surface area contributed by atoms with Gasteiger partial charge in [-0.15, -0.1) is 0 Å². The summed E-state index contributed by atoms with van der Waals surface area (Å²) in [6.07, 6.45) is 6.68. The Morgan fingerprint density at radius 1 is 1.08 bits per heavy atom. The highest BCUT2D eigenvalue weighted by Gasteiger charge is 2.11. The molecule has 0 unspecified atom stereocenters. The van der Waals surface area contributed by atoms with E-state index in [0.29, 0.717) is 16.7 Å². The minimum Gasteiger partial charge on any atom is -0.466 e. The van der Waals surface area contributed by atoms with Crippen LogP contribution in [-0.4, -0.2) is 13.1 Å².